The predicted octanol–water partition coefficient (Wildman–Crippen LogP) is 2.23. The van der Waals surface area contributed by atoms with E-state index in [0.717, 1.165) is 31.2 Å². The Labute approximate surface area is 136 Å². The van der Waals surface area contributed by atoms with E-state index in [-0.39, 0.29) is 18.5 Å². The molecule has 1 aromatic rings. The number of urea groups is 1. The highest BCUT2D eigenvalue weighted by atomic mass is 16.3. The number of carbonyl (C=O) groups is 2. The topological polar surface area (TPSA) is 69.6 Å². The second kappa shape index (κ2) is 6.71. The van der Waals surface area contributed by atoms with Crippen LogP contribution in [0.3, 0.4) is 0 Å². The molecular weight excluding hydrogens is 292 g/mol. The molecule has 5 nitrogen and oxygen atoms in total. The summed E-state index contributed by atoms with van der Waals surface area (Å²) in [6.45, 7) is 0.125. The summed E-state index contributed by atoms with van der Waals surface area (Å²) in [5.41, 5.74) is 0.249. The molecule has 0 aromatic heterocycles. The van der Waals surface area contributed by atoms with Gasteiger partial charge in [0.2, 0.25) is 0 Å². The molecule has 1 aromatic carbocycles. The number of aryl methyl sites for hydroxylation is 1. The molecule has 0 unspecified atom stereocenters. The highest BCUT2D eigenvalue weighted by molar-refractivity contribution is 6.04. The fourth-order valence-corrected chi connectivity index (χ4v) is 3.54. The van der Waals surface area contributed by atoms with Gasteiger partial charge in [-0.1, -0.05) is 49.6 Å². The third-order valence-corrected chi connectivity index (χ3v) is 4.91. The third kappa shape index (κ3) is 3.72. The van der Waals surface area contributed by atoms with Crippen LogP contribution < -0.4 is 5.32 Å². The summed E-state index contributed by atoms with van der Waals surface area (Å²) in [5.74, 6) is -0.204. The van der Waals surface area contributed by atoms with Crippen LogP contribution in [0, 0.1) is 0 Å². The first-order valence-corrected chi connectivity index (χ1v) is 8.46. The van der Waals surface area contributed by atoms with Gasteiger partial charge < -0.3 is 10.4 Å². The van der Waals surface area contributed by atoms with Crippen molar-refractivity contribution in [3.63, 3.8) is 0 Å². The number of nitrogens with one attached hydrogen (secondary N) is 1. The molecular formula is C18H24N2O3. The van der Waals surface area contributed by atoms with Crippen LogP contribution in [0.4, 0.5) is 4.79 Å². The number of nitrogens with zero attached hydrogens (tertiary/aromatic N) is 1. The maximum absolute atomic E-state index is 12.5. The first-order chi connectivity index (χ1) is 11.1. The first kappa shape index (κ1) is 16.0. The van der Waals surface area contributed by atoms with Gasteiger partial charge in [0.1, 0.15) is 6.04 Å². The highest BCUT2D eigenvalue weighted by Gasteiger charge is 2.42. The van der Waals surface area contributed by atoms with Crippen molar-refractivity contribution in [1.82, 2.24) is 10.2 Å². The fraction of sp³-hybridized carbons (Fsp3) is 0.556. The number of hydrogen-bond acceptors (Lipinski definition) is 3. The number of aliphatic hydroxyl groups is 1. The second-order valence-corrected chi connectivity index (χ2v) is 6.74. The monoisotopic (exact) mass is 316 g/mol. The van der Waals surface area contributed by atoms with Gasteiger partial charge in [0.05, 0.1) is 12.1 Å². The van der Waals surface area contributed by atoms with Crippen molar-refractivity contribution in [2.45, 2.75) is 56.6 Å². The lowest BCUT2D eigenvalue weighted by Crippen LogP contribution is -2.47. The largest absolute Gasteiger partial charge is 0.388 e. The number of amides is 3. The van der Waals surface area contributed by atoms with E-state index >= 15 is 0 Å². The van der Waals surface area contributed by atoms with Gasteiger partial charge in [-0.25, -0.2) is 4.79 Å². The molecule has 23 heavy (non-hydrogen) atoms. The molecule has 3 amide bonds. The molecule has 0 bridgehead atoms. The van der Waals surface area contributed by atoms with Crippen molar-refractivity contribution in [2.75, 3.05) is 6.54 Å². The number of benzene rings is 1. The number of hydrogen-bond donors (Lipinski definition) is 2. The van der Waals surface area contributed by atoms with Gasteiger partial charge >= 0.3 is 6.03 Å². The predicted molar refractivity (Wildman–Crippen MR) is 86.8 cm³/mol. The van der Waals surface area contributed by atoms with Crippen molar-refractivity contribution in [1.29, 1.82) is 0 Å². The van der Waals surface area contributed by atoms with Gasteiger partial charge in [-0.05, 0) is 31.2 Å². The zero-order valence-electron chi connectivity index (χ0n) is 13.3. The Morgan fingerprint density at radius 2 is 1.83 bits per heavy atom. The van der Waals surface area contributed by atoms with Crippen LogP contribution >= 0.6 is 0 Å². The minimum absolute atomic E-state index is 0.125. The molecule has 1 aliphatic heterocycles. The van der Waals surface area contributed by atoms with Crippen LogP contribution in [0.5, 0.6) is 0 Å². The molecule has 1 saturated heterocycles. The van der Waals surface area contributed by atoms with E-state index in [1.54, 1.807) is 0 Å². The van der Waals surface area contributed by atoms with E-state index in [1.807, 2.05) is 30.3 Å². The third-order valence-electron chi connectivity index (χ3n) is 4.91. The summed E-state index contributed by atoms with van der Waals surface area (Å²) >= 11 is 0. The highest BCUT2D eigenvalue weighted by Crippen LogP contribution is 2.30. The van der Waals surface area contributed by atoms with E-state index in [0.29, 0.717) is 19.3 Å². The molecule has 1 atom stereocenters. The second-order valence-electron chi connectivity index (χ2n) is 6.74. The van der Waals surface area contributed by atoms with E-state index in [4.69, 9.17) is 0 Å². The molecule has 0 spiro atoms. The number of carbonyl (C=O) groups excluding carboxylic acids is 2. The minimum Gasteiger partial charge on any atom is -0.388 e. The number of β-amino-alcohol motifs (C(OH)–C–C–N with tert-alkyl or cyclic N) is 1. The minimum atomic E-state index is -0.903. The van der Waals surface area contributed by atoms with Crippen LogP contribution in [0.25, 0.3) is 0 Å². The smallest absolute Gasteiger partial charge is 0.324 e. The lowest BCUT2D eigenvalue weighted by atomic mass is 9.84. The van der Waals surface area contributed by atoms with Crippen LogP contribution in [0.2, 0.25) is 0 Å². The summed E-state index contributed by atoms with van der Waals surface area (Å²) in [7, 11) is 0. The molecule has 1 saturated carbocycles. The summed E-state index contributed by atoms with van der Waals surface area (Å²) in [6.07, 6.45) is 5.69. The van der Waals surface area contributed by atoms with Crippen molar-refractivity contribution < 1.29 is 14.7 Å². The van der Waals surface area contributed by atoms with Gasteiger partial charge in [0.25, 0.3) is 5.91 Å². The average molecular weight is 316 g/mol. The van der Waals surface area contributed by atoms with Crippen LogP contribution in [0.15, 0.2) is 30.3 Å². The molecule has 124 valence electrons. The van der Waals surface area contributed by atoms with Crippen molar-refractivity contribution in [3.05, 3.63) is 35.9 Å². The summed E-state index contributed by atoms with van der Waals surface area (Å²) in [4.78, 5) is 25.8. The Bertz CT molecular complexity index is 567. The number of rotatable bonds is 5. The molecule has 2 fully saturated rings. The van der Waals surface area contributed by atoms with Gasteiger partial charge in [-0.2, -0.15) is 0 Å². The molecule has 1 heterocycles. The first-order valence-electron chi connectivity index (χ1n) is 8.46. The Balaban J connectivity index is 1.58. The standard InChI is InChI=1S/C18H24N2O3/c21-16-15(10-9-14-7-3-1-4-8-14)19-17(22)20(16)13-18(23)11-5-2-6-12-18/h1,3-4,7-8,15,23H,2,5-6,9-13H2,(H,19,22)/t15-/m1/s1. The molecule has 2 aliphatic rings. The Morgan fingerprint density at radius 3 is 2.52 bits per heavy atom. The lowest BCUT2D eigenvalue weighted by molar-refractivity contribution is -0.131. The van der Waals surface area contributed by atoms with Gasteiger partial charge in [0, 0.05) is 0 Å². The summed E-state index contributed by atoms with van der Waals surface area (Å²) < 4.78 is 0. The molecule has 0 radical (unpaired) electrons. The zero-order chi connectivity index (χ0) is 16.3. The fourth-order valence-electron chi connectivity index (χ4n) is 3.54. The maximum atomic E-state index is 12.5. The van der Waals surface area contributed by atoms with Crippen molar-refractivity contribution in [3.8, 4) is 0 Å². The van der Waals surface area contributed by atoms with Crippen molar-refractivity contribution >= 4 is 11.9 Å². The Kier molecular flexibility index (Phi) is 4.66. The van der Waals surface area contributed by atoms with E-state index in [9.17, 15) is 14.7 Å². The van der Waals surface area contributed by atoms with E-state index in [2.05, 4.69) is 5.32 Å². The van der Waals surface area contributed by atoms with Gasteiger partial charge in [-0.3, -0.25) is 9.69 Å². The van der Waals surface area contributed by atoms with Gasteiger partial charge in [0.15, 0.2) is 0 Å². The van der Waals surface area contributed by atoms with Crippen molar-refractivity contribution in [2.24, 2.45) is 0 Å². The van der Waals surface area contributed by atoms with Crippen LogP contribution in [0.1, 0.15) is 44.1 Å². The molecule has 2 N–H and O–H groups in total. The quantitative estimate of drug-likeness (QED) is 0.819. The lowest BCUT2D eigenvalue weighted by Gasteiger charge is -2.34. The number of imide groups is 1. The zero-order valence-corrected chi connectivity index (χ0v) is 13.3. The maximum Gasteiger partial charge on any atom is 0.324 e. The van der Waals surface area contributed by atoms with E-state index in [1.165, 1.54) is 4.90 Å². The molecule has 5 heteroatoms. The molecule has 1 aliphatic carbocycles. The summed E-state index contributed by atoms with van der Waals surface area (Å²) in [6, 6.07) is 9.08. The van der Waals surface area contributed by atoms with Crippen LogP contribution in [-0.4, -0.2) is 40.1 Å². The SMILES string of the molecule is O=C1N[C@H](CCc2ccccc2)C(=O)N1CC1(O)CCCCC1. The normalized spacial score (nSPS) is 23.9. The van der Waals surface area contributed by atoms with Crippen LogP contribution in [-0.2, 0) is 11.2 Å². The van der Waals surface area contributed by atoms with E-state index < -0.39 is 11.6 Å². The molecule has 3 rings (SSSR count). The Hall–Kier alpha value is -1.88. The Morgan fingerprint density at radius 1 is 1.13 bits per heavy atom. The van der Waals surface area contributed by atoms with Gasteiger partial charge in [-0.15, -0.1) is 0 Å². The summed E-state index contributed by atoms with van der Waals surface area (Å²) in [5, 5.41) is 13.3. The average Bonchev–Trinajstić information content (AvgIpc) is 2.82.